The zero-order valence-corrected chi connectivity index (χ0v) is 14.1. The third-order valence-corrected chi connectivity index (χ3v) is 4.32. The average molecular weight is 329 g/mol. The quantitative estimate of drug-likeness (QED) is 0.820. The molecule has 0 bridgehead atoms. The Bertz CT molecular complexity index is 713. The molecule has 2 heterocycles. The molecule has 3 rings (SSSR count). The van der Waals surface area contributed by atoms with E-state index in [4.69, 9.17) is 4.74 Å². The van der Waals surface area contributed by atoms with Crippen molar-refractivity contribution in [2.75, 3.05) is 13.7 Å². The lowest BCUT2D eigenvalue weighted by Crippen LogP contribution is -2.37. The summed E-state index contributed by atoms with van der Waals surface area (Å²) in [6.45, 7) is 3.60. The van der Waals surface area contributed by atoms with Crippen molar-refractivity contribution in [3.05, 3.63) is 41.5 Å². The highest BCUT2D eigenvalue weighted by Crippen LogP contribution is 2.19. The Morgan fingerprint density at radius 1 is 1.38 bits per heavy atom. The summed E-state index contributed by atoms with van der Waals surface area (Å²) in [5.74, 6) is 2.64. The molecule has 24 heavy (non-hydrogen) atoms. The summed E-state index contributed by atoms with van der Waals surface area (Å²) < 4.78 is 7.79. The molecule has 1 unspecified atom stereocenters. The summed E-state index contributed by atoms with van der Waals surface area (Å²) in [4.78, 5) is 11.4. The van der Waals surface area contributed by atoms with Gasteiger partial charge in [-0.2, -0.15) is 0 Å². The number of likely N-dealkylation sites (N-methyl/N-ethyl adjacent to an activating group) is 1. The van der Waals surface area contributed by atoms with E-state index in [-0.39, 0.29) is 12.5 Å². The van der Waals surface area contributed by atoms with E-state index >= 15 is 0 Å². The fourth-order valence-electron chi connectivity index (χ4n) is 2.89. The van der Waals surface area contributed by atoms with Gasteiger partial charge in [-0.05, 0) is 19.4 Å². The van der Waals surface area contributed by atoms with Crippen molar-refractivity contribution in [3.8, 4) is 5.75 Å². The second-order valence-electron chi connectivity index (χ2n) is 5.96. The molecule has 0 spiro atoms. The monoisotopic (exact) mass is 329 g/mol. The number of carbonyl (C=O) groups excluding carboxylic acids is 1. The number of carbonyl (C=O) groups is 1. The van der Waals surface area contributed by atoms with Gasteiger partial charge in [0.1, 0.15) is 17.4 Å². The van der Waals surface area contributed by atoms with Gasteiger partial charge in [-0.25, -0.2) is 0 Å². The van der Waals surface area contributed by atoms with E-state index in [1.54, 1.807) is 7.05 Å². The van der Waals surface area contributed by atoms with E-state index in [1.807, 2.05) is 31.2 Å². The predicted molar refractivity (Wildman–Crippen MR) is 89.7 cm³/mol. The van der Waals surface area contributed by atoms with Gasteiger partial charge in [-0.1, -0.05) is 18.2 Å². The first-order valence-corrected chi connectivity index (χ1v) is 8.20. The van der Waals surface area contributed by atoms with Gasteiger partial charge in [0.15, 0.2) is 6.61 Å². The maximum atomic E-state index is 11.4. The van der Waals surface area contributed by atoms with E-state index in [1.165, 1.54) is 0 Å². The highest BCUT2D eigenvalue weighted by molar-refractivity contribution is 5.77. The molecule has 0 saturated heterocycles. The van der Waals surface area contributed by atoms with Crippen LogP contribution in [0.25, 0.3) is 0 Å². The lowest BCUT2D eigenvalue weighted by atomic mass is 10.1. The van der Waals surface area contributed by atoms with Crippen LogP contribution in [0.2, 0.25) is 0 Å². The normalized spacial score (nSPS) is 16.5. The fourth-order valence-corrected chi connectivity index (χ4v) is 2.89. The van der Waals surface area contributed by atoms with E-state index < -0.39 is 0 Å². The van der Waals surface area contributed by atoms with Gasteiger partial charge < -0.3 is 19.9 Å². The molecule has 1 aliphatic rings. The van der Waals surface area contributed by atoms with Gasteiger partial charge in [0, 0.05) is 38.2 Å². The number of amides is 1. The Hall–Kier alpha value is -2.41. The molecular weight excluding hydrogens is 306 g/mol. The molecule has 1 aliphatic heterocycles. The Morgan fingerprint density at radius 3 is 3.04 bits per heavy atom. The molecular formula is C17H23N5O2. The van der Waals surface area contributed by atoms with Crippen molar-refractivity contribution in [2.24, 2.45) is 0 Å². The molecule has 1 aromatic heterocycles. The minimum Gasteiger partial charge on any atom is -0.483 e. The molecule has 0 aliphatic carbocycles. The van der Waals surface area contributed by atoms with Crippen LogP contribution in [0.1, 0.15) is 23.6 Å². The van der Waals surface area contributed by atoms with Crippen LogP contribution >= 0.6 is 0 Å². The Morgan fingerprint density at radius 2 is 2.21 bits per heavy atom. The average Bonchev–Trinajstić information content (AvgIpc) is 2.99. The number of aromatic nitrogens is 3. The van der Waals surface area contributed by atoms with Gasteiger partial charge in [-0.15, -0.1) is 10.2 Å². The number of nitrogens with one attached hydrogen (secondary N) is 2. The standard InChI is InChI=1S/C17H23N5O2/c1-12-20-21-16-8-7-14(10-22(12)16)19-9-13-5-3-4-6-15(13)24-11-17(23)18-2/h3-6,14,19H,7-11H2,1-2H3,(H,18,23). The van der Waals surface area contributed by atoms with Crippen LogP contribution in [-0.4, -0.2) is 40.4 Å². The van der Waals surface area contributed by atoms with E-state index in [9.17, 15) is 4.79 Å². The van der Waals surface area contributed by atoms with Crippen LogP contribution in [0, 0.1) is 6.92 Å². The molecule has 1 amide bonds. The van der Waals surface area contributed by atoms with Crippen molar-refractivity contribution < 1.29 is 9.53 Å². The summed E-state index contributed by atoms with van der Waals surface area (Å²) in [5, 5.41) is 14.5. The third kappa shape index (κ3) is 3.73. The first kappa shape index (κ1) is 16.4. The highest BCUT2D eigenvalue weighted by atomic mass is 16.5. The number of aryl methyl sites for hydroxylation is 2. The Labute approximate surface area is 141 Å². The van der Waals surface area contributed by atoms with Crippen LogP contribution in [0.4, 0.5) is 0 Å². The number of benzene rings is 1. The minimum absolute atomic E-state index is 0.0280. The minimum atomic E-state index is -0.138. The van der Waals surface area contributed by atoms with Gasteiger partial charge >= 0.3 is 0 Å². The van der Waals surface area contributed by atoms with Crippen LogP contribution in [0.15, 0.2) is 24.3 Å². The second kappa shape index (κ2) is 7.44. The maximum absolute atomic E-state index is 11.4. The van der Waals surface area contributed by atoms with Crippen LogP contribution < -0.4 is 15.4 Å². The zero-order chi connectivity index (χ0) is 16.9. The predicted octanol–water partition coefficient (Wildman–Crippen LogP) is 0.816. The number of para-hydroxylation sites is 1. The van der Waals surface area contributed by atoms with Gasteiger partial charge in [-0.3, -0.25) is 4.79 Å². The van der Waals surface area contributed by atoms with Crippen molar-refractivity contribution in [3.63, 3.8) is 0 Å². The first-order chi connectivity index (χ1) is 11.7. The topological polar surface area (TPSA) is 81.1 Å². The van der Waals surface area contributed by atoms with Crippen molar-refractivity contribution in [1.29, 1.82) is 0 Å². The zero-order valence-electron chi connectivity index (χ0n) is 14.1. The molecule has 0 radical (unpaired) electrons. The summed E-state index contributed by atoms with van der Waals surface area (Å²) in [5.41, 5.74) is 1.05. The summed E-state index contributed by atoms with van der Waals surface area (Å²) >= 11 is 0. The van der Waals surface area contributed by atoms with Crippen molar-refractivity contribution >= 4 is 5.91 Å². The molecule has 2 N–H and O–H groups in total. The second-order valence-corrected chi connectivity index (χ2v) is 5.96. The van der Waals surface area contributed by atoms with Crippen molar-refractivity contribution in [2.45, 2.75) is 38.9 Å². The van der Waals surface area contributed by atoms with Crippen LogP contribution in [-0.2, 0) is 24.3 Å². The number of hydrogen-bond donors (Lipinski definition) is 2. The largest absolute Gasteiger partial charge is 0.483 e. The molecule has 1 atom stereocenters. The molecule has 128 valence electrons. The highest BCUT2D eigenvalue weighted by Gasteiger charge is 2.21. The fraction of sp³-hybridized carbons (Fsp3) is 0.471. The maximum Gasteiger partial charge on any atom is 0.257 e. The molecule has 0 fully saturated rings. The molecule has 1 aromatic carbocycles. The number of fused-ring (bicyclic) bond motifs is 1. The summed E-state index contributed by atoms with van der Waals surface area (Å²) in [7, 11) is 1.60. The van der Waals surface area contributed by atoms with Crippen molar-refractivity contribution in [1.82, 2.24) is 25.4 Å². The molecule has 0 saturated carbocycles. The van der Waals surface area contributed by atoms with E-state index in [0.29, 0.717) is 12.6 Å². The lowest BCUT2D eigenvalue weighted by Gasteiger charge is -2.25. The number of ether oxygens (including phenoxy) is 1. The molecule has 7 nitrogen and oxygen atoms in total. The van der Waals surface area contributed by atoms with Crippen LogP contribution in [0.5, 0.6) is 5.75 Å². The first-order valence-electron chi connectivity index (χ1n) is 8.20. The summed E-state index contributed by atoms with van der Waals surface area (Å²) in [6.07, 6.45) is 1.98. The molecule has 7 heteroatoms. The Kier molecular flexibility index (Phi) is 5.10. The van der Waals surface area contributed by atoms with Gasteiger partial charge in [0.05, 0.1) is 0 Å². The van der Waals surface area contributed by atoms with E-state index in [0.717, 1.165) is 42.3 Å². The van der Waals surface area contributed by atoms with Crippen LogP contribution in [0.3, 0.4) is 0 Å². The number of rotatable bonds is 6. The lowest BCUT2D eigenvalue weighted by molar-refractivity contribution is -0.122. The van der Waals surface area contributed by atoms with E-state index in [2.05, 4.69) is 25.4 Å². The smallest absolute Gasteiger partial charge is 0.257 e. The number of hydrogen-bond acceptors (Lipinski definition) is 5. The summed E-state index contributed by atoms with van der Waals surface area (Å²) in [6, 6.07) is 8.18. The Balaban J connectivity index is 1.59. The van der Waals surface area contributed by atoms with Gasteiger partial charge in [0.25, 0.3) is 5.91 Å². The SMILES string of the molecule is CNC(=O)COc1ccccc1CNC1CCc2nnc(C)n2C1. The van der Waals surface area contributed by atoms with Gasteiger partial charge in [0.2, 0.25) is 0 Å². The molecule has 2 aromatic rings. The third-order valence-electron chi connectivity index (χ3n) is 4.32. The number of nitrogens with zero attached hydrogens (tertiary/aromatic N) is 3.